The molecule has 0 aliphatic carbocycles. The van der Waals surface area contributed by atoms with E-state index in [2.05, 4.69) is 19.8 Å². The third-order valence-electron chi connectivity index (χ3n) is 5.25. The topological polar surface area (TPSA) is 99.4 Å². The highest BCUT2D eigenvalue weighted by Gasteiger charge is 2.34. The first-order chi connectivity index (χ1) is 14.1. The molecule has 0 amide bonds. The van der Waals surface area contributed by atoms with Crippen LogP contribution in [0.4, 0.5) is 0 Å². The summed E-state index contributed by atoms with van der Waals surface area (Å²) in [6.45, 7) is 9.00. The normalized spacial score (nSPS) is 20.9. The number of furan rings is 1. The standard InChI is InChI=1S/C19H33N5O4S.HI/c1-2-22-29(25,26)18-6-9-24(16-18)19(20-7-5-17-4-3-13-28-17)21-8-10-23-11-14-27-15-12-23;/h3-4,13,18,22H,2,5-12,14-16H2,1H3,(H,20,21);1H. The molecule has 9 nitrogen and oxygen atoms in total. The Bertz CT molecular complexity index is 738. The molecule has 3 heterocycles. The average Bonchev–Trinajstić information content (AvgIpc) is 3.40. The third-order valence-corrected chi connectivity index (χ3v) is 7.20. The van der Waals surface area contributed by atoms with Crippen molar-refractivity contribution < 1.29 is 17.6 Å². The molecule has 172 valence electrons. The number of aliphatic imine (C=N–C) groups is 1. The fourth-order valence-electron chi connectivity index (χ4n) is 3.64. The Hall–Kier alpha value is -0.890. The zero-order chi connectivity index (χ0) is 20.5. The van der Waals surface area contributed by atoms with Crippen LogP contribution in [-0.2, 0) is 21.2 Å². The molecule has 1 aromatic heterocycles. The molecule has 2 saturated heterocycles. The second-order valence-electron chi connectivity index (χ2n) is 7.32. The summed E-state index contributed by atoms with van der Waals surface area (Å²) < 4.78 is 38.1. The lowest BCUT2D eigenvalue weighted by atomic mass is 10.3. The molecule has 0 spiro atoms. The van der Waals surface area contributed by atoms with Gasteiger partial charge in [-0.05, 0) is 18.6 Å². The molecule has 30 heavy (non-hydrogen) atoms. The predicted octanol–water partition coefficient (Wildman–Crippen LogP) is 0.732. The monoisotopic (exact) mass is 555 g/mol. The molecule has 1 atom stereocenters. The first-order valence-electron chi connectivity index (χ1n) is 10.4. The number of morpholine rings is 1. The van der Waals surface area contributed by atoms with Gasteiger partial charge < -0.3 is 19.4 Å². The van der Waals surface area contributed by atoms with Gasteiger partial charge in [-0.1, -0.05) is 6.92 Å². The van der Waals surface area contributed by atoms with Crippen LogP contribution in [0.3, 0.4) is 0 Å². The van der Waals surface area contributed by atoms with Crippen molar-refractivity contribution >= 4 is 40.0 Å². The summed E-state index contributed by atoms with van der Waals surface area (Å²) in [5, 5.41) is 3.00. The van der Waals surface area contributed by atoms with Crippen LogP contribution in [0.1, 0.15) is 19.1 Å². The Morgan fingerprint density at radius 3 is 2.80 bits per heavy atom. The Labute approximate surface area is 196 Å². The number of likely N-dealkylation sites (tertiary alicyclic amines) is 1. The number of halogens is 1. The molecule has 0 aromatic carbocycles. The van der Waals surface area contributed by atoms with E-state index >= 15 is 0 Å². The molecule has 2 N–H and O–H groups in total. The summed E-state index contributed by atoms with van der Waals surface area (Å²) in [4.78, 5) is 9.18. The lowest BCUT2D eigenvalue weighted by molar-refractivity contribution is 0.0394. The third kappa shape index (κ3) is 7.66. The van der Waals surface area contributed by atoms with Crippen molar-refractivity contribution in [2.24, 2.45) is 4.99 Å². The lowest BCUT2D eigenvalue weighted by Crippen LogP contribution is -2.44. The fourth-order valence-corrected chi connectivity index (χ4v) is 5.07. The summed E-state index contributed by atoms with van der Waals surface area (Å²) in [5.41, 5.74) is 0. The summed E-state index contributed by atoms with van der Waals surface area (Å²) in [6.07, 6.45) is 3.03. The smallest absolute Gasteiger partial charge is 0.216 e. The molecule has 0 bridgehead atoms. The van der Waals surface area contributed by atoms with Crippen LogP contribution in [0.15, 0.2) is 27.8 Å². The highest BCUT2D eigenvalue weighted by molar-refractivity contribution is 14.0. The van der Waals surface area contributed by atoms with Crippen LogP contribution in [0, 0.1) is 0 Å². The van der Waals surface area contributed by atoms with E-state index < -0.39 is 15.3 Å². The van der Waals surface area contributed by atoms with Crippen molar-refractivity contribution in [3.63, 3.8) is 0 Å². The number of sulfonamides is 1. The molecule has 1 unspecified atom stereocenters. The predicted molar refractivity (Wildman–Crippen MR) is 128 cm³/mol. The Morgan fingerprint density at radius 2 is 2.10 bits per heavy atom. The minimum atomic E-state index is -3.28. The average molecular weight is 555 g/mol. The van der Waals surface area contributed by atoms with Gasteiger partial charge in [-0.3, -0.25) is 9.89 Å². The zero-order valence-corrected chi connectivity index (χ0v) is 20.7. The minimum absolute atomic E-state index is 0. The first kappa shape index (κ1) is 25.4. The van der Waals surface area contributed by atoms with E-state index in [1.807, 2.05) is 12.1 Å². The number of nitrogens with one attached hydrogen (secondary N) is 2. The van der Waals surface area contributed by atoms with Gasteiger partial charge in [0.25, 0.3) is 0 Å². The van der Waals surface area contributed by atoms with Gasteiger partial charge in [0.2, 0.25) is 10.0 Å². The molecule has 1 aromatic rings. The molecular formula is C19H34IN5O4S. The number of hydrogen-bond acceptors (Lipinski definition) is 6. The molecule has 2 aliphatic rings. The highest BCUT2D eigenvalue weighted by atomic mass is 127. The second-order valence-corrected chi connectivity index (χ2v) is 9.36. The largest absolute Gasteiger partial charge is 0.469 e. The molecule has 2 fully saturated rings. The fraction of sp³-hybridized carbons (Fsp3) is 0.737. The van der Waals surface area contributed by atoms with Gasteiger partial charge in [0.1, 0.15) is 5.76 Å². The number of rotatable bonds is 9. The van der Waals surface area contributed by atoms with Gasteiger partial charge in [0.05, 0.1) is 31.3 Å². The first-order valence-corrected chi connectivity index (χ1v) is 12.0. The Balaban J connectivity index is 0.00000320. The van der Waals surface area contributed by atoms with Gasteiger partial charge in [-0.25, -0.2) is 13.1 Å². The van der Waals surface area contributed by atoms with Crippen LogP contribution in [0.5, 0.6) is 0 Å². The minimum Gasteiger partial charge on any atom is -0.469 e. The van der Waals surface area contributed by atoms with E-state index in [0.29, 0.717) is 39.1 Å². The maximum atomic E-state index is 12.4. The van der Waals surface area contributed by atoms with Gasteiger partial charge in [-0.15, -0.1) is 24.0 Å². The molecule has 2 aliphatic heterocycles. The molecule has 3 rings (SSSR count). The van der Waals surface area contributed by atoms with Gasteiger partial charge in [-0.2, -0.15) is 0 Å². The quantitative estimate of drug-likeness (QED) is 0.264. The van der Waals surface area contributed by atoms with Crippen molar-refractivity contribution in [3.05, 3.63) is 24.2 Å². The van der Waals surface area contributed by atoms with Crippen LogP contribution >= 0.6 is 24.0 Å². The SMILES string of the molecule is CCNS(=O)(=O)C1CCN(C(=NCCN2CCOCC2)NCCc2ccco2)C1.I. The number of guanidine groups is 1. The summed E-state index contributed by atoms with van der Waals surface area (Å²) in [7, 11) is -3.28. The van der Waals surface area contributed by atoms with Gasteiger partial charge in [0.15, 0.2) is 5.96 Å². The Morgan fingerprint density at radius 1 is 1.30 bits per heavy atom. The lowest BCUT2D eigenvalue weighted by Gasteiger charge is -2.26. The maximum absolute atomic E-state index is 12.4. The molecule has 0 radical (unpaired) electrons. The highest BCUT2D eigenvalue weighted by Crippen LogP contribution is 2.16. The van der Waals surface area contributed by atoms with E-state index in [4.69, 9.17) is 14.1 Å². The van der Waals surface area contributed by atoms with Crippen LogP contribution < -0.4 is 10.0 Å². The molecule has 0 saturated carbocycles. The van der Waals surface area contributed by atoms with Crippen molar-refractivity contribution in [2.45, 2.75) is 25.0 Å². The summed E-state index contributed by atoms with van der Waals surface area (Å²) >= 11 is 0. The van der Waals surface area contributed by atoms with Crippen molar-refractivity contribution in [1.82, 2.24) is 19.8 Å². The van der Waals surface area contributed by atoms with Crippen LogP contribution in [0.2, 0.25) is 0 Å². The number of nitrogens with zero attached hydrogens (tertiary/aromatic N) is 3. The van der Waals surface area contributed by atoms with Gasteiger partial charge >= 0.3 is 0 Å². The summed E-state index contributed by atoms with van der Waals surface area (Å²) in [5.74, 6) is 1.69. The van der Waals surface area contributed by atoms with E-state index in [0.717, 1.165) is 51.0 Å². The number of hydrogen-bond donors (Lipinski definition) is 2. The molecule has 11 heteroatoms. The van der Waals surface area contributed by atoms with E-state index in [-0.39, 0.29) is 24.0 Å². The van der Waals surface area contributed by atoms with Crippen LogP contribution in [0.25, 0.3) is 0 Å². The van der Waals surface area contributed by atoms with Gasteiger partial charge in [0, 0.05) is 52.2 Å². The summed E-state index contributed by atoms with van der Waals surface area (Å²) in [6, 6.07) is 3.83. The van der Waals surface area contributed by atoms with Crippen LogP contribution in [-0.4, -0.2) is 95.0 Å². The van der Waals surface area contributed by atoms with Crippen molar-refractivity contribution in [3.8, 4) is 0 Å². The van der Waals surface area contributed by atoms with Crippen molar-refractivity contribution in [1.29, 1.82) is 0 Å². The molecular weight excluding hydrogens is 521 g/mol. The zero-order valence-electron chi connectivity index (χ0n) is 17.6. The number of ether oxygens (including phenoxy) is 1. The van der Waals surface area contributed by atoms with E-state index in [1.165, 1.54) is 0 Å². The van der Waals surface area contributed by atoms with E-state index in [1.54, 1.807) is 13.2 Å². The second kappa shape index (κ2) is 12.8. The Kier molecular flexibility index (Phi) is 10.9. The van der Waals surface area contributed by atoms with Crippen molar-refractivity contribution in [2.75, 3.05) is 65.6 Å². The maximum Gasteiger partial charge on any atom is 0.216 e. The van der Waals surface area contributed by atoms with E-state index in [9.17, 15) is 8.42 Å².